The number of rotatable bonds is 9. The predicted octanol–water partition coefficient (Wildman–Crippen LogP) is 5.47. The average molecular weight is 316 g/mol. The molecular weight excluding hydrogens is 282 g/mol. The third kappa shape index (κ3) is 8.59. The van der Waals surface area contributed by atoms with E-state index in [0.29, 0.717) is 0 Å². The van der Waals surface area contributed by atoms with Gasteiger partial charge in [0.1, 0.15) is 0 Å². The van der Waals surface area contributed by atoms with Gasteiger partial charge in [0, 0.05) is 12.6 Å². The van der Waals surface area contributed by atoms with Crippen LogP contribution in [0.1, 0.15) is 77.3 Å². The molecule has 1 rings (SSSR count). The molecule has 0 unspecified atom stereocenters. The number of benzene rings is 1. The first-order valence-electron chi connectivity index (χ1n) is 9.00. The first kappa shape index (κ1) is 19.5. The van der Waals surface area contributed by atoms with E-state index in [1.54, 1.807) is 6.08 Å². The fraction of sp³-hybridized carbons (Fsp3) is 0.571. The molecule has 0 aromatic heterocycles. The van der Waals surface area contributed by atoms with E-state index in [1.165, 1.54) is 37.7 Å². The van der Waals surface area contributed by atoms with Gasteiger partial charge in [-0.25, -0.2) is 0 Å². The summed E-state index contributed by atoms with van der Waals surface area (Å²) in [5, 5.41) is 2.95. The van der Waals surface area contributed by atoms with Crippen molar-refractivity contribution in [3.8, 4) is 0 Å². The number of carbonyl (C=O) groups is 1. The highest BCUT2D eigenvalue weighted by Gasteiger charge is 2.12. The largest absolute Gasteiger partial charge is 0.353 e. The van der Waals surface area contributed by atoms with Crippen LogP contribution in [-0.4, -0.2) is 12.5 Å². The minimum atomic E-state index is -0.00143. The monoisotopic (exact) mass is 315 g/mol. The summed E-state index contributed by atoms with van der Waals surface area (Å²) in [5.41, 5.74) is 2.53. The lowest BCUT2D eigenvalue weighted by Gasteiger charge is -2.18. The topological polar surface area (TPSA) is 29.1 Å². The summed E-state index contributed by atoms with van der Waals surface area (Å²) in [6.45, 7) is 9.61. The van der Waals surface area contributed by atoms with Crippen molar-refractivity contribution in [2.45, 2.75) is 71.6 Å². The van der Waals surface area contributed by atoms with Crippen LogP contribution >= 0.6 is 0 Å². The number of amides is 1. The Kier molecular flexibility index (Phi) is 8.68. The van der Waals surface area contributed by atoms with Gasteiger partial charge in [-0.1, -0.05) is 84.1 Å². The van der Waals surface area contributed by atoms with E-state index in [2.05, 4.69) is 57.3 Å². The van der Waals surface area contributed by atoms with E-state index in [0.717, 1.165) is 18.5 Å². The molecule has 0 radical (unpaired) electrons. The third-order valence-corrected chi connectivity index (χ3v) is 4.03. The predicted molar refractivity (Wildman–Crippen MR) is 101 cm³/mol. The molecule has 0 aliphatic carbocycles. The molecule has 1 aromatic carbocycles. The Balaban J connectivity index is 2.27. The quantitative estimate of drug-likeness (QED) is 0.475. The van der Waals surface area contributed by atoms with Gasteiger partial charge < -0.3 is 5.32 Å². The molecule has 1 N–H and O–H groups in total. The molecule has 2 nitrogen and oxygen atoms in total. The van der Waals surface area contributed by atoms with Crippen LogP contribution in [0.5, 0.6) is 0 Å². The third-order valence-electron chi connectivity index (χ3n) is 4.03. The number of nitrogens with one attached hydrogen (secondary N) is 1. The van der Waals surface area contributed by atoms with Gasteiger partial charge in [0.05, 0.1) is 0 Å². The van der Waals surface area contributed by atoms with Gasteiger partial charge in [-0.3, -0.25) is 4.79 Å². The molecule has 1 amide bonds. The summed E-state index contributed by atoms with van der Waals surface area (Å²) in [6.07, 6.45) is 11.0. The summed E-state index contributed by atoms with van der Waals surface area (Å²) in [7, 11) is 0. The Morgan fingerprint density at radius 1 is 1.00 bits per heavy atom. The highest BCUT2D eigenvalue weighted by molar-refractivity contribution is 5.91. The zero-order chi connectivity index (χ0) is 17.1. The van der Waals surface area contributed by atoms with E-state index >= 15 is 0 Å². The second kappa shape index (κ2) is 10.3. The highest BCUT2D eigenvalue weighted by Crippen LogP contribution is 2.22. The molecule has 0 aliphatic heterocycles. The summed E-state index contributed by atoms with van der Waals surface area (Å²) < 4.78 is 0. The summed E-state index contributed by atoms with van der Waals surface area (Å²) in [4.78, 5) is 11.8. The first-order chi connectivity index (χ1) is 10.9. The van der Waals surface area contributed by atoms with Gasteiger partial charge in [-0.15, -0.1) is 0 Å². The maximum Gasteiger partial charge on any atom is 0.243 e. The van der Waals surface area contributed by atoms with Crippen LogP contribution in [0.2, 0.25) is 0 Å². The Morgan fingerprint density at radius 3 is 2.22 bits per heavy atom. The van der Waals surface area contributed by atoms with Gasteiger partial charge in [0.2, 0.25) is 5.91 Å². The molecule has 1 aromatic rings. The Morgan fingerprint density at radius 2 is 1.61 bits per heavy atom. The summed E-state index contributed by atoms with van der Waals surface area (Å²) >= 11 is 0. The minimum Gasteiger partial charge on any atom is -0.353 e. The zero-order valence-corrected chi connectivity index (χ0v) is 15.3. The zero-order valence-electron chi connectivity index (χ0n) is 15.3. The van der Waals surface area contributed by atoms with Crippen molar-refractivity contribution in [2.75, 3.05) is 6.54 Å². The van der Waals surface area contributed by atoms with Crippen molar-refractivity contribution in [2.24, 2.45) is 0 Å². The standard InChI is InChI=1S/C21H33NO/c1-5-6-7-8-9-10-17-22-20(23)16-13-18-11-14-19(15-12-18)21(2,3)4/h11-16H,5-10,17H2,1-4H3,(H,22,23). The van der Waals surface area contributed by atoms with Crippen LogP contribution in [0.4, 0.5) is 0 Å². The van der Waals surface area contributed by atoms with E-state index in [1.807, 2.05) is 6.08 Å². The van der Waals surface area contributed by atoms with Crippen molar-refractivity contribution in [3.63, 3.8) is 0 Å². The van der Waals surface area contributed by atoms with E-state index in [4.69, 9.17) is 0 Å². The molecule has 0 aliphatic rings. The minimum absolute atomic E-state index is 0.00143. The van der Waals surface area contributed by atoms with Gasteiger partial charge in [0.15, 0.2) is 0 Å². The van der Waals surface area contributed by atoms with Gasteiger partial charge in [-0.2, -0.15) is 0 Å². The van der Waals surface area contributed by atoms with E-state index < -0.39 is 0 Å². The van der Waals surface area contributed by atoms with Crippen LogP contribution in [0.25, 0.3) is 6.08 Å². The molecule has 128 valence electrons. The SMILES string of the molecule is CCCCCCCCNC(=O)C=Cc1ccc(C(C)(C)C)cc1. The molecule has 0 fully saturated rings. The normalized spacial score (nSPS) is 11.8. The number of hydrogen-bond donors (Lipinski definition) is 1. The Bertz CT molecular complexity index is 480. The molecular formula is C21H33NO. The molecule has 0 heterocycles. The summed E-state index contributed by atoms with van der Waals surface area (Å²) in [5.74, 6) is -0.00143. The maximum absolute atomic E-state index is 11.8. The van der Waals surface area contributed by atoms with Crippen LogP contribution in [-0.2, 0) is 10.2 Å². The van der Waals surface area contributed by atoms with Gasteiger partial charge in [0.25, 0.3) is 0 Å². The Labute approximate surface area is 142 Å². The number of hydrogen-bond acceptors (Lipinski definition) is 1. The van der Waals surface area contributed by atoms with Crippen LogP contribution in [0.3, 0.4) is 0 Å². The second-order valence-corrected chi connectivity index (χ2v) is 7.26. The van der Waals surface area contributed by atoms with E-state index in [9.17, 15) is 4.79 Å². The maximum atomic E-state index is 11.8. The van der Waals surface area contributed by atoms with Crippen molar-refractivity contribution in [3.05, 3.63) is 41.5 Å². The Hall–Kier alpha value is -1.57. The molecule has 0 saturated carbocycles. The van der Waals surface area contributed by atoms with Gasteiger partial charge in [-0.05, 0) is 29.0 Å². The van der Waals surface area contributed by atoms with Gasteiger partial charge >= 0.3 is 0 Å². The lowest BCUT2D eigenvalue weighted by Crippen LogP contribution is -2.21. The molecule has 23 heavy (non-hydrogen) atoms. The van der Waals surface area contributed by atoms with Crippen LogP contribution in [0.15, 0.2) is 30.3 Å². The first-order valence-corrected chi connectivity index (χ1v) is 9.00. The molecule has 0 bridgehead atoms. The second-order valence-electron chi connectivity index (χ2n) is 7.26. The fourth-order valence-corrected chi connectivity index (χ4v) is 2.44. The highest BCUT2D eigenvalue weighted by atomic mass is 16.1. The number of unbranched alkanes of at least 4 members (excludes halogenated alkanes) is 5. The molecule has 0 saturated heterocycles. The molecule has 2 heteroatoms. The van der Waals surface area contributed by atoms with Crippen molar-refractivity contribution >= 4 is 12.0 Å². The molecule has 0 atom stereocenters. The van der Waals surface area contributed by atoms with Crippen molar-refractivity contribution in [1.29, 1.82) is 0 Å². The number of carbonyl (C=O) groups excluding carboxylic acids is 1. The fourth-order valence-electron chi connectivity index (χ4n) is 2.44. The molecule has 0 spiro atoms. The lowest BCUT2D eigenvalue weighted by atomic mass is 9.87. The van der Waals surface area contributed by atoms with Crippen LogP contribution in [0, 0.1) is 0 Å². The van der Waals surface area contributed by atoms with Crippen molar-refractivity contribution in [1.82, 2.24) is 5.32 Å². The average Bonchev–Trinajstić information content (AvgIpc) is 2.51. The van der Waals surface area contributed by atoms with Crippen LogP contribution < -0.4 is 5.32 Å². The van der Waals surface area contributed by atoms with E-state index in [-0.39, 0.29) is 11.3 Å². The lowest BCUT2D eigenvalue weighted by molar-refractivity contribution is -0.116. The summed E-state index contributed by atoms with van der Waals surface area (Å²) in [6, 6.07) is 8.40. The van der Waals surface area contributed by atoms with Crippen molar-refractivity contribution < 1.29 is 4.79 Å². The smallest absolute Gasteiger partial charge is 0.243 e.